The summed E-state index contributed by atoms with van der Waals surface area (Å²) < 4.78 is 23.3. The fourth-order valence-electron chi connectivity index (χ4n) is 1.75. The molecule has 1 heterocycles. The lowest BCUT2D eigenvalue weighted by Crippen LogP contribution is -2.28. The zero-order valence-corrected chi connectivity index (χ0v) is 13.0. The standard InChI is InChI=1S/C11H18ClN3O3S/c1-5-6-15(4)11(16)9-10(19(12,17)18)8(7(2)3)13-14-9/h7H,5-6H2,1-4H3,(H,13,14). The van der Waals surface area contributed by atoms with E-state index in [1.165, 1.54) is 4.90 Å². The van der Waals surface area contributed by atoms with Crippen LogP contribution in [0.25, 0.3) is 0 Å². The van der Waals surface area contributed by atoms with E-state index in [-0.39, 0.29) is 16.5 Å². The highest BCUT2D eigenvalue weighted by molar-refractivity contribution is 8.13. The van der Waals surface area contributed by atoms with Crippen LogP contribution in [0.4, 0.5) is 0 Å². The van der Waals surface area contributed by atoms with Crippen LogP contribution in [-0.2, 0) is 9.05 Å². The first-order chi connectivity index (χ1) is 8.70. The maximum absolute atomic E-state index is 12.2. The van der Waals surface area contributed by atoms with Gasteiger partial charge in [-0.15, -0.1) is 0 Å². The van der Waals surface area contributed by atoms with Gasteiger partial charge in [0.1, 0.15) is 4.90 Å². The molecule has 0 spiro atoms. The van der Waals surface area contributed by atoms with E-state index < -0.39 is 15.0 Å². The van der Waals surface area contributed by atoms with E-state index in [4.69, 9.17) is 10.7 Å². The van der Waals surface area contributed by atoms with Crippen molar-refractivity contribution in [3.63, 3.8) is 0 Å². The Bertz CT molecular complexity index is 566. The van der Waals surface area contributed by atoms with Crippen LogP contribution in [0.5, 0.6) is 0 Å². The van der Waals surface area contributed by atoms with Crippen molar-refractivity contribution < 1.29 is 13.2 Å². The van der Waals surface area contributed by atoms with Gasteiger partial charge in [0.05, 0.1) is 5.69 Å². The molecule has 1 rings (SSSR count). The molecule has 0 saturated heterocycles. The minimum absolute atomic E-state index is 0.131. The van der Waals surface area contributed by atoms with Crippen molar-refractivity contribution in [2.45, 2.75) is 38.0 Å². The summed E-state index contributed by atoms with van der Waals surface area (Å²) in [5.41, 5.74) is 0.206. The van der Waals surface area contributed by atoms with Gasteiger partial charge in [0, 0.05) is 24.3 Å². The van der Waals surface area contributed by atoms with Crippen molar-refractivity contribution in [3.8, 4) is 0 Å². The molecule has 6 nitrogen and oxygen atoms in total. The average Bonchev–Trinajstić information content (AvgIpc) is 2.72. The topological polar surface area (TPSA) is 83.1 Å². The van der Waals surface area contributed by atoms with Crippen molar-refractivity contribution in [1.29, 1.82) is 0 Å². The number of halogens is 1. The number of rotatable bonds is 5. The van der Waals surface area contributed by atoms with Gasteiger partial charge in [-0.2, -0.15) is 5.10 Å². The molecule has 0 aliphatic carbocycles. The van der Waals surface area contributed by atoms with Gasteiger partial charge in [0.25, 0.3) is 15.0 Å². The third kappa shape index (κ3) is 3.48. The number of hydrogen-bond acceptors (Lipinski definition) is 4. The van der Waals surface area contributed by atoms with Gasteiger partial charge in [0.2, 0.25) is 0 Å². The second-order valence-electron chi connectivity index (χ2n) is 4.63. The summed E-state index contributed by atoms with van der Waals surface area (Å²) in [4.78, 5) is 13.4. The third-order valence-electron chi connectivity index (χ3n) is 2.68. The molecule has 0 bridgehead atoms. The van der Waals surface area contributed by atoms with E-state index in [1.807, 2.05) is 6.92 Å². The Morgan fingerprint density at radius 2 is 2.05 bits per heavy atom. The predicted octanol–water partition coefficient (Wildman–Crippen LogP) is 1.94. The van der Waals surface area contributed by atoms with Crippen LogP contribution in [0.3, 0.4) is 0 Å². The fourth-order valence-corrected chi connectivity index (χ4v) is 3.12. The number of aromatic amines is 1. The molecule has 0 aliphatic rings. The Labute approximate surface area is 117 Å². The number of aromatic nitrogens is 2. The lowest BCUT2D eigenvalue weighted by Gasteiger charge is -2.15. The summed E-state index contributed by atoms with van der Waals surface area (Å²) in [6.07, 6.45) is 0.770. The molecule has 19 heavy (non-hydrogen) atoms. The first-order valence-corrected chi connectivity index (χ1v) is 8.29. The van der Waals surface area contributed by atoms with E-state index in [0.717, 1.165) is 6.42 Å². The largest absolute Gasteiger partial charge is 0.340 e. The van der Waals surface area contributed by atoms with Gasteiger partial charge in [0.15, 0.2) is 5.69 Å². The Kier molecular flexibility index (Phi) is 4.98. The lowest BCUT2D eigenvalue weighted by molar-refractivity contribution is 0.0785. The fraction of sp³-hybridized carbons (Fsp3) is 0.636. The van der Waals surface area contributed by atoms with Crippen LogP contribution < -0.4 is 0 Å². The Morgan fingerprint density at radius 3 is 2.47 bits per heavy atom. The normalized spacial score (nSPS) is 11.9. The highest BCUT2D eigenvalue weighted by atomic mass is 35.7. The van der Waals surface area contributed by atoms with E-state index >= 15 is 0 Å². The first kappa shape index (κ1) is 16.0. The van der Waals surface area contributed by atoms with Crippen molar-refractivity contribution >= 4 is 25.6 Å². The molecular formula is C11H18ClN3O3S. The minimum atomic E-state index is -4.03. The predicted molar refractivity (Wildman–Crippen MR) is 73.0 cm³/mol. The molecule has 1 aromatic heterocycles. The van der Waals surface area contributed by atoms with Crippen LogP contribution in [0, 0.1) is 0 Å². The van der Waals surface area contributed by atoms with Gasteiger partial charge < -0.3 is 4.90 Å². The van der Waals surface area contributed by atoms with Crippen molar-refractivity contribution in [2.75, 3.05) is 13.6 Å². The summed E-state index contributed by atoms with van der Waals surface area (Å²) in [5.74, 6) is -0.585. The number of nitrogens with zero attached hydrogens (tertiary/aromatic N) is 2. The number of amides is 1. The highest BCUT2D eigenvalue weighted by Crippen LogP contribution is 2.28. The second kappa shape index (κ2) is 5.92. The SMILES string of the molecule is CCCN(C)C(=O)c1n[nH]c(C(C)C)c1S(=O)(=O)Cl. The van der Waals surface area contributed by atoms with Gasteiger partial charge in [-0.1, -0.05) is 20.8 Å². The molecule has 0 aromatic carbocycles. The molecule has 0 unspecified atom stereocenters. The summed E-state index contributed by atoms with van der Waals surface area (Å²) >= 11 is 0. The van der Waals surface area contributed by atoms with Crippen molar-refractivity contribution in [2.24, 2.45) is 0 Å². The molecule has 108 valence electrons. The van der Waals surface area contributed by atoms with Crippen LogP contribution in [0.15, 0.2) is 4.90 Å². The Hall–Kier alpha value is -1.08. The van der Waals surface area contributed by atoms with Crippen LogP contribution in [0.1, 0.15) is 49.3 Å². The summed E-state index contributed by atoms with van der Waals surface area (Å²) in [6, 6.07) is 0. The number of carbonyl (C=O) groups excluding carboxylic acids is 1. The van der Waals surface area contributed by atoms with Crippen molar-refractivity contribution in [3.05, 3.63) is 11.4 Å². The molecule has 8 heteroatoms. The number of H-pyrrole nitrogens is 1. The molecule has 1 amide bonds. The maximum Gasteiger partial charge on any atom is 0.275 e. The van der Waals surface area contributed by atoms with E-state index in [2.05, 4.69) is 10.2 Å². The molecule has 0 radical (unpaired) electrons. The minimum Gasteiger partial charge on any atom is -0.340 e. The third-order valence-corrected chi connectivity index (χ3v) is 4.04. The summed E-state index contributed by atoms with van der Waals surface area (Å²) in [5, 5.41) is 6.42. The smallest absolute Gasteiger partial charge is 0.275 e. The van der Waals surface area contributed by atoms with Crippen molar-refractivity contribution in [1.82, 2.24) is 15.1 Å². The molecule has 0 aliphatic heterocycles. The molecule has 0 atom stereocenters. The lowest BCUT2D eigenvalue weighted by atomic mass is 10.1. The van der Waals surface area contributed by atoms with E-state index in [1.54, 1.807) is 20.9 Å². The molecule has 1 N–H and O–H groups in total. The molecule has 0 saturated carbocycles. The van der Waals surface area contributed by atoms with Crippen LogP contribution in [-0.4, -0.2) is 43.0 Å². The van der Waals surface area contributed by atoms with Gasteiger partial charge in [-0.3, -0.25) is 9.89 Å². The summed E-state index contributed by atoms with van der Waals surface area (Å²) in [7, 11) is 2.99. The van der Waals surface area contributed by atoms with Crippen LogP contribution in [0.2, 0.25) is 0 Å². The molecule has 1 aromatic rings. The quantitative estimate of drug-likeness (QED) is 0.843. The molecular weight excluding hydrogens is 290 g/mol. The monoisotopic (exact) mass is 307 g/mol. The zero-order valence-electron chi connectivity index (χ0n) is 11.4. The Balaban J connectivity index is 3.34. The molecule has 0 fully saturated rings. The van der Waals surface area contributed by atoms with E-state index in [0.29, 0.717) is 12.2 Å². The number of nitrogens with one attached hydrogen (secondary N) is 1. The summed E-state index contributed by atoms with van der Waals surface area (Å²) in [6.45, 7) is 6.03. The van der Waals surface area contributed by atoms with E-state index in [9.17, 15) is 13.2 Å². The van der Waals surface area contributed by atoms with Crippen LogP contribution >= 0.6 is 10.7 Å². The van der Waals surface area contributed by atoms with Gasteiger partial charge in [-0.05, 0) is 12.3 Å². The van der Waals surface area contributed by atoms with Gasteiger partial charge >= 0.3 is 0 Å². The first-order valence-electron chi connectivity index (χ1n) is 5.98. The maximum atomic E-state index is 12.2. The number of carbonyl (C=O) groups is 1. The number of hydrogen-bond donors (Lipinski definition) is 1. The average molecular weight is 308 g/mol. The highest BCUT2D eigenvalue weighted by Gasteiger charge is 2.30. The zero-order chi connectivity index (χ0) is 14.8. The Morgan fingerprint density at radius 1 is 1.47 bits per heavy atom. The van der Waals surface area contributed by atoms with Gasteiger partial charge in [-0.25, -0.2) is 8.42 Å². The second-order valence-corrected chi connectivity index (χ2v) is 7.14.